The molecule has 0 atom stereocenters. The molecule has 0 fully saturated rings. The number of nitrogens with one attached hydrogen (secondary N) is 1. The molecule has 6 aromatic rings. The van der Waals surface area contributed by atoms with Gasteiger partial charge in [-0.3, -0.25) is 4.79 Å². The highest BCUT2D eigenvalue weighted by Gasteiger charge is 2.27. The maximum atomic E-state index is 13.4. The van der Waals surface area contributed by atoms with Gasteiger partial charge in [0.25, 0.3) is 0 Å². The van der Waals surface area contributed by atoms with Crippen LogP contribution in [0.3, 0.4) is 0 Å². The van der Waals surface area contributed by atoms with Gasteiger partial charge in [0.2, 0.25) is 5.91 Å². The third kappa shape index (κ3) is 4.92. The van der Waals surface area contributed by atoms with Crippen molar-refractivity contribution < 1.29 is 4.79 Å². The summed E-state index contributed by atoms with van der Waals surface area (Å²) in [7, 11) is -0.887. The molecule has 0 bridgehead atoms. The Morgan fingerprint density at radius 3 is 1.57 bits per heavy atom. The van der Waals surface area contributed by atoms with Crippen LogP contribution in [0.2, 0.25) is 0 Å². The molecule has 196 valence electrons. The largest absolute Gasteiger partial charge is 0.325 e. The highest BCUT2D eigenvalue weighted by Crippen LogP contribution is 2.45. The van der Waals surface area contributed by atoms with Crippen molar-refractivity contribution in [3.8, 4) is 11.1 Å². The fourth-order valence-corrected chi connectivity index (χ4v) is 7.72. The predicted molar refractivity (Wildman–Crippen MR) is 174 cm³/mol. The van der Waals surface area contributed by atoms with Crippen LogP contribution in [0.15, 0.2) is 133 Å². The van der Waals surface area contributed by atoms with Crippen molar-refractivity contribution in [1.82, 2.24) is 0 Å². The minimum Gasteiger partial charge on any atom is -0.325 e. The van der Waals surface area contributed by atoms with Crippen LogP contribution in [0.5, 0.6) is 0 Å². The lowest BCUT2D eigenvalue weighted by Gasteiger charge is -2.26. The number of fused-ring (bicyclic) bond motifs is 2. The van der Waals surface area contributed by atoms with E-state index < -0.39 is 13.3 Å². The molecule has 0 heterocycles. The monoisotopic (exact) mass is 537 g/mol. The average molecular weight is 538 g/mol. The maximum Gasteiger partial charge on any atom is 0.229 e. The first-order chi connectivity index (χ1) is 19.4. The minimum atomic E-state index is -0.887. The number of amides is 1. The van der Waals surface area contributed by atoms with E-state index in [9.17, 15) is 4.79 Å². The first-order valence-electron chi connectivity index (χ1n) is 13.7. The number of anilines is 1. The van der Waals surface area contributed by atoms with Gasteiger partial charge in [0.1, 0.15) is 0 Å². The van der Waals surface area contributed by atoms with E-state index in [-0.39, 0.29) is 5.91 Å². The predicted octanol–water partition coefficient (Wildman–Crippen LogP) is 8.40. The first-order valence-corrected chi connectivity index (χ1v) is 15.0. The summed E-state index contributed by atoms with van der Waals surface area (Å²) in [6.07, 6.45) is 0. The Bertz CT molecular complexity index is 1780. The number of rotatable bonds is 5. The highest BCUT2D eigenvalue weighted by molar-refractivity contribution is 7.80. The van der Waals surface area contributed by atoms with Gasteiger partial charge >= 0.3 is 0 Å². The third-order valence-corrected chi connectivity index (χ3v) is 9.77. The van der Waals surface area contributed by atoms with Gasteiger partial charge in [-0.15, -0.1) is 0 Å². The van der Waals surface area contributed by atoms with Crippen LogP contribution >= 0.6 is 7.92 Å². The van der Waals surface area contributed by atoms with E-state index in [0.717, 1.165) is 22.0 Å². The number of hydrogen-bond acceptors (Lipinski definition) is 1. The van der Waals surface area contributed by atoms with Gasteiger partial charge in [0, 0.05) is 22.2 Å². The summed E-state index contributed by atoms with van der Waals surface area (Å²) in [5.41, 5.74) is 2.57. The summed E-state index contributed by atoms with van der Waals surface area (Å²) in [4.78, 5) is 13.4. The van der Waals surface area contributed by atoms with E-state index in [1.165, 1.54) is 32.2 Å². The Balaban J connectivity index is 1.74. The second-order valence-corrected chi connectivity index (χ2v) is 13.3. The molecule has 0 saturated heterocycles. The van der Waals surface area contributed by atoms with Gasteiger partial charge in [0.05, 0.1) is 0 Å². The van der Waals surface area contributed by atoms with Crippen molar-refractivity contribution in [3.63, 3.8) is 0 Å². The lowest BCUT2D eigenvalue weighted by atomic mass is 9.91. The molecule has 0 saturated carbocycles. The molecule has 0 aromatic heterocycles. The molecule has 1 N–H and O–H groups in total. The Labute approximate surface area is 237 Å². The molecule has 3 heteroatoms. The highest BCUT2D eigenvalue weighted by atomic mass is 31.1. The summed E-state index contributed by atoms with van der Waals surface area (Å²) in [5, 5.41) is 11.8. The standard InChI is InChI=1S/C37H32NOP/c1-37(2,3)36(39)38-32-24-22-26-14-10-12-20-30(26)34(32)35-31-21-13-11-15-27(31)23-25-33(35)40(28-16-6-4-7-17-28)29-18-8-5-9-19-29/h4-25H,1-3H3,(H,38,39). The van der Waals surface area contributed by atoms with Crippen LogP contribution in [0.1, 0.15) is 20.8 Å². The van der Waals surface area contributed by atoms with E-state index in [0.29, 0.717) is 0 Å². The smallest absolute Gasteiger partial charge is 0.229 e. The molecule has 0 aliphatic rings. The second-order valence-electron chi connectivity index (χ2n) is 11.1. The molecule has 6 aromatic carbocycles. The lowest BCUT2D eigenvalue weighted by Crippen LogP contribution is -2.28. The zero-order chi connectivity index (χ0) is 27.7. The Hall–Kier alpha value is -4.26. The SMILES string of the molecule is CC(C)(C)C(=O)Nc1ccc2ccccc2c1-c1c(P(c2ccccc2)c2ccccc2)ccc2ccccc12. The zero-order valence-corrected chi connectivity index (χ0v) is 24.0. The van der Waals surface area contributed by atoms with Crippen molar-refractivity contribution in [3.05, 3.63) is 133 Å². The lowest BCUT2D eigenvalue weighted by molar-refractivity contribution is -0.123. The molecule has 1 amide bonds. The van der Waals surface area contributed by atoms with Gasteiger partial charge in [-0.05, 0) is 51.4 Å². The van der Waals surface area contributed by atoms with Gasteiger partial charge in [-0.1, -0.05) is 148 Å². The second kappa shape index (κ2) is 10.7. The molecule has 0 aliphatic carbocycles. The summed E-state index contributed by atoms with van der Waals surface area (Å²) < 4.78 is 0. The Morgan fingerprint density at radius 1 is 0.550 bits per heavy atom. The summed E-state index contributed by atoms with van der Waals surface area (Å²) in [6.45, 7) is 5.86. The van der Waals surface area contributed by atoms with E-state index in [4.69, 9.17) is 0 Å². The third-order valence-electron chi connectivity index (χ3n) is 7.29. The van der Waals surface area contributed by atoms with Crippen molar-refractivity contribution in [1.29, 1.82) is 0 Å². The van der Waals surface area contributed by atoms with E-state index in [1.807, 2.05) is 20.8 Å². The van der Waals surface area contributed by atoms with E-state index in [1.54, 1.807) is 0 Å². The molecular formula is C37H32NOP. The number of benzene rings is 6. The molecule has 0 aliphatic heterocycles. The van der Waals surface area contributed by atoms with Gasteiger partial charge in [-0.2, -0.15) is 0 Å². The van der Waals surface area contributed by atoms with Gasteiger partial charge in [0.15, 0.2) is 0 Å². The summed E-state index contributed by atoms with van der Waals surface area (Å²) in [6, 6.07) is 47.4. The van der Waals surface area contributed by atoms with Crippen LogP contribution in [0, 0.1) is 5.41 Å². The van der Waals surface area contributed by atoms with Crippen molar-refractivity contribution in [2.75, 3.05) is 5.32 Å². The van der Waals surface area contributed by atoms with Gasteiger partial charge < -0.3 is 5.32 Å². The number of carbonyl (C=O) groups is 1. The van der Waals surface area contributed by atoms with Crippen LogP contribution in [0.25, 0.3) is 32.7 Å². The van der Waals surface area contributed by atoms with Crippen molar-refractivity contribution >= 4 is 57.0 Å². The Kier molecular flexibility index (Phi) is 6.96. The van der Waals surface area contributed by atoms with E-state index >= 15 is 0 Å². The molecule has 0 unspecified atom stereocenters. The fraction of sp³-hybridized carbons (Fsp3) is 0.108. The molecule has 0 radical (unpaired) electrons. The summed E-state index contributed by atoms with van der Waals surface area (Å²) >= 11 is 0. The van der Waals surface area contributed by atoms with E-state index in [2.05, 4.69) is 139 Å². The van der Waals surface area contributed by atoms with Crippen LogP contribution in [-0.2, 0) is 4.79 Å². The van der Waals surface area contributed by atoms with Crippen LogP contribution in [0.4, 0.5) is 5.69 Å². The quantitative estimate of drug-likeness (QED) is 0.220. The Morgan fingerprint density at radius 2 is 1.02 bits per heavy atom. The normalized spacial score (nSPS) is 11.7. The maximum absolute atomic E-state index is 13.4. The molecular weight excluding hydrogens is 505 g/mol. The fourth-order valence-electron chi connectivity index (χ4n) is 5.25. The zero-order valence-electron chi connectivity index (χ0n) is 23.1. The molecule has 6 rings (SSSR count). The van der Waals surface area contributed by atoms with Gasteiger partial charge in [-0.25, -0.2) is 0 Å². The molecule has 2 nitrogen and oxygen atoms in total. The minimum absolute atomic E-state index is 0.000740. The summed E-state index contributed by atoms with van der Waals surface area (Å²) in [5.74, 6) is -0.000740. The molecule has 40 heavy (non-hydrogen) atoms. The topological polar surface area (TPSA) is 29.1 Å². The molecule has 0 spiro atoms. The van der Waals surface area contributed by atoms with Crippen molar-refractivity contribution in [2.24, 2.45) is 5.41 Å². The van der Waals surface area contributed by atoms with Crippen LogP contribution < -0.4 is 21.2 Å². The number of hydrogen-bond donors (Lipinski definition) is 1. The average Bonchev–Trinajstić information content (AvgIpc) is 2.98. The number of carbonyl (C=O) groups excluding carboxylic acids is 1. The van der Waals surface area contributed by atoms with Crippen LogP contribution in [-0.4, -0.2) is 5.91 Å². The first kappa shape index (κ1) is 26.0. The van der Waals surface area contributed by atoms with Crippen molar-refractivity contribution in [2.45, 2.75) is 20.8 Å².